The van der Waals surface area contributed by atoms with E-state index in [-0.39, 0.29) is 12.4 Å². The van der Waals surface area contributed by atoms with Crippen LogP contribution >= 0.6 is 0 Å². The predicted molar refractivity (Wildman–Crippen MR) is 134 cm³/mol. The fraction of sp³-hybridized carbons (Fsp3) is 0.600. The van der Waals surface area contributed by atoms with E-state index >= 15 is 0 Å². The number of fused-ring (bicyclic) bond motifs is 2. The van der Waals surface area contributed by atoms with Crippen LogP contribution in [0.4, 0.5) is 8.78 Å². The van der Waals surface area contributed by atoms with Gasteiger partial charge in [-0.1, -0.05) is 75.8 Å². The molecule has 2 aromatic rings. The van der Waals surface area contributed by atoms with Crippen LogP contribution in [0.5, 0.6) is 5.75 Å². The summed E-state index contributed by atoms with van der Waals surface area (Å²) in [7, 11) is 0. The fourth-order valence-electron chi connectivity index (χ4n) is 6.35. The van der Waals surface area contributed by atoms with E-state index in [1.807, 2.05) is 19.1 Å². The number of allylic oxidation sites excluding steroid dienone is 1. The quantitative estimate of drug-likeness (QED) is 0.271. The first-order chi connectivity index (χ1) is 16.1. The molecule has 4 atom stereocenters. The maximum atomic E-state index is 14.9. The molecule has 0 heterocycles. The fourth-order valence-corrected chi connectivity index (χ4v) is 6.35. The molecule has 0 N–H and O–H groups in total. The molecular weight excluding hydrogens is 414 g/mol. The lowest BCUT2D eigenvalue weighted by molar-refractivity contribution is 0.113. The highest BCUT2D eigenvalue weighted by Gasteiger charge is 2.35. The van der Waals surface area contributed by atoms with Crippen LogP contribution in [0.1, 0.15) is 96.0 Å². The molecule has 2 aliphatic rings. The van der Waals surface area contributed by atoms with Gasteiger partial charge in [0.05, 0.1) is 0 Å². The van der Waals surface area contributed by atoms with Crippen LogP contribution in [0.2, 0.25) is 0 Å². The van der Waals surface area contributed by atoms with E-state index < -0.39 is 11.6 Å². The highest BCUT2D eigenvalue weighted by atomic mass is 19.1. The van der Waals surface area contributed by atoms with E-state index in [1.165, 1.54) is 82.3 Å². The highest BCUT2D eigenvalue weighted by molar-refractivity contribution is 5.85. The van der Waals surface area contributed by atoms with Gasteiger partial charge >= 0.3 is 0 Å². The molecule has 2 saturated carbocycles. The van der Waals surface area contributed by atoms with Crippen LogP contribution < -0.4 is 4.74 Å². The van der Waals surface area contributed by atoms with Gasteiger partial charge in [-0.05, 0) is 79.7 Å². The van der Waals surface area contributed by atoms with Crippen molar-refractivity contribution < 1.29 is 13.5 Å². The molecule has 0 radical (unpaired) electrons. The molecule has 0 aliphatic heterocycles. The molecular formula is C30H40F2O. The van der Waals surface area contributed by atoms with Gasteiger partial charge in [0.2, 0.25) is 0 Å². The first-order valence-electron chi connectivity index (χ1n) is 13.3. The molecule has 0 bridgehead atoms. The predicted octanol–water partition coefficient (Wildman–Crippen LogP) is 9.34. The van der Waals surface area contributed by atoms with E-state index in [0.29, 0.717) is 16.7 Å². The number of hydrogen-bond acceptors (Lipinski definition) is 1. The van der Waals surface area contributed by atoms with Gasteiger partial charge in [-0.3, -0.25) is 0 Å². The number of unbranched alkanes of at least 4 members (excludes halogenated alkanes) is 3. The zero-order chi connectivity index (χ0) is 23.2. The van der Waals surface area contributed by atoms with Gasteiger partial charge in [0.1, 0.15) is 6.61 Å². The third-order valence-corrected chi connectivity index (χ3v) is 8.23. The number of benzene rings is 2. The number of ether oxygens (including phenoxy) is 1. The lowest BCUT2D eigenvalue weighted by Crippen LogP contribution is -2.30. The summed E-state index contributed by atoms with van der Waals surface area (Å²) in [6.07, 6.45) is 18.4. The smallest absolute Gasteiger partial charge is 0.191 e. The van der Waals surface area contributed by atoms with Gasteiger partial charge in [0.15, 0.2) is 17.4 Å². The summed E-state index contributed by atoms with van der Waals surface area (Å²) in [6.45, 7) is 4.30. The molecule has 0 amide bonds. The van der Waals surface area contributed by atoms with E-state index in [4.69, 9.17) is 4.74 Å². The summed E-state index contributed by atoms with van der Waals surface area (Å²) in [6, 6.07) is 7.33. The van der Waals surface area contributed by atoms with Gasteiger partial charge in [-0.25, -0.2) is 8.78 Å². The van der Waals surface area contributed by atoms with Crippen molar-refractivity contribution in [1.82, 2.24) is 0 Å². The van der Waals surface area contributed by atoms with Crippen molar-refractivity contribution in [1.29, 1.82) is 0 Å². The van der Waals surface area contributed by atoms with Crippen LogP contribution in [-0.2, 0) is 0 Å². The molecule has 4 rings (SSSR count). The van der Waals surface area contributed by atoms with E-state index in [9.17, 15) is 8.78 Å². The normalized spacial score (nSPS) is 25.5. The molecule has 0 aromatic heterocycles. The van der Waals surface area contributed by atoms with Crippen LogP contribution in [-0.4, -0.2) is 6.61 Å². The maximum absolute atomic E-state index is 14.9. The van der Waals surface area contributed by atoms with Crippen molar-refractivity contribution in [3.63, 3.8) is 0 Å². The minimum atomic E-state index is -0.623. The van der Waals surface area contributed by atoms with E-state index in [0.717, 1.165) is 17.8 Å². The Labute approximate surface area is 198 Å². The Morgan fingerprint density at radius 2 is 1.79 bits per heavy atom. The van der Waals surface area contributed by atoms with E-state index in [2.05, 4.69) is 13.0 Å². The zero-order valence-electron chi connectivity index (χ0n) is 20.4. The van der Waals surface area contributed by atoms with Gasteiger partial charge in [-0.15, -0.1) is 0 Å². The first-order valence-corrected chi connectivity index (χ1v) is 13.3. The molecule has 3 heteroatoms. The van der Waals surface area contributed by atoms with Gasteiger partial charge in [0.25, 0.3) is 0 Å². The average Bonchev–Trinajstić information content (AvgIpc) is 2.83. The van der Waals surface area contributed by atoms with Crippen molar-refractivity contribution in [3.05, 3.63) is 53.6 Å². The van der Waals surface area contributed by atoms with Gasteiger partial charge in [0, 0.05) is 5.39 Å². The molecule has 180 valence electrons. The summed E-state index contributed by atoms with van der Waals surface area (Å²) in [4.78, 5) is 0. The first kappa shape index (κ1) is 24.2. The number of halogens is 2. The molecule has 4 unspecified atom stereocenters. The summed E-state index contributed by atoms with van der Waals surface area (Å²) in [5.41, 5.74) is 1.24. The minimum Gasteiger partial charge on any atom is -0.483 e. The van der Waals surface area contributed by atoms with Crippen molar-refractivity contribution in [2.75, 3.05) is 6.61 Å². The number of rotatable bonds is 9. The minimum absolute atomic E-state index is 0.165. The molecule has 0 saturated heterocycles. The number of hydrogen-bond donors (Lipinski definition) is 0. The van der Waals surface area contributed by atoms with E-state index in [1.54, 1.807) is 12.2 Å². The average molecular weight is 455 g/mol. The Kier molecular flexibility index (Phi) is 8.44. The Hall–Kier alpha value is -1.90. The summed E-state index contributed by atoms with van der Waals surface area (Å²) >= 11 is 0. The standard InChI is InChI=1S/C30H40F2O/c1-3-5-7-8-9-21-10-11-23-18-24(13-12-22(23)17-21)25-14-15-27-26(19-25)20-28(31)30(29(27)32)33-16-6-4-2/h4,6,14-15,19-24H,3,5,7-13,16-18H2,1-2H3. The molecule has 33 heavy (non-hydrogen) atoms. The molecule has 0 spiro atoms. The lowest BCUT2D eigenvalue weighted by Gasteiger charge is -2.42. The Morgan fingerprint density at radius 3 is 2.61 bits per heavy atom. The Morgan fingerprint density at radius 1 is 0.970 bits per heavy atom. The van der Waals surface area contributed by atoms with Crippen molar-refractivity contribution in [3.8, 4) is 5.75 Å². The SMILES string of the molecule is CC=CCOc1c(F)cc2cc(C3CCC4CC(CCCCCC)CCC4C3)ccc2c1F. The lowest BCUT2D eigenvalue weighted by atomic mass is 9.63. The highest BCUT2D eigenvalue weighted by Crippen LogP contribution is 2.48. The van der Waals surface area contributed by atoms with Gasteiger partial charge in [-0.2, -0.15) is 0 Å². The largest absolute Gasteiger partial charge is 0.483 e. The van der Waals surface area contributed by atoms with Crippen LogP contribution in [0.3, 0.4) is 0 Å². The third kappa shape index (κ3) is 5.78. The van der Waals surface area contributed by atoms with Crippen molar-refractivity contribution in [2.45, 2.75) is 90.4 Å². The second-order valence-electron chi connectivity index (χ2n) is 10.4. The van der Waals surface area contributed by atoms with Crippen molar-refractivity contribution in [2.24, 2.45) is 17.8 Å². The molecule has 1 nitrogen and oxygen atoms in total. The summed E-state index contributed by atoms with van der Waals surface area (Å²) in [5, 5.41) is 1.08. The van der Waals surface area contributed by atoms with Crippen LogP contribution in [0.25, 0.3) is 10.8 Å². The molecule has 2 aliphatic carbocycles. The van der Waals surface area contributed by atoms with Crippen LogP contribution in [0.15, 0.2) is 36.4 Å². The zero-order valence-corrected chi connectivity index (χ0v) is 20.4. The third-order valence-electron chi connectivity index (χ3n) is 8.23. The molecule has 2 fully saturated rings. The Bertz CT molecular complexity index is 950. The monoisotopic (exact) mass is 454 g/mol. The van der Waals surface area contributed by atoms with Crippen molar-refractivity contribution >= 4 is 10.8 Å². The second-order valence-corrected chi connectivity index (χ2v) is 10.4. The molecule has 2 aromatic carbocycles. The second kappa shape index (κ2) is 11.5. The van der Waals surface area contributed by atoms with Crippen LogP contribution in [0, 0.1) is 29.4 Å². The summed E-state index contributed by atoms with van der Waals surface area (Å²) in [5.74, 6) is 1.66. The van der Waals surface area contributed by atoms with Gasteiger partial charge < -0.3 is 4.74 Å². The Balaban J connectivity index is 1.40. The topological polar surface area (TPSA) is 9.23 Å². The summed E-state index contributed by atoms with van der Waals surface area (Å²) < 4.78 is 34.8. The maximum Gasteiger partial charge on any atom is 0.191 e.